The molecular formula is C17H30N2O. The van der Waals surface area contributed by atoms with Crippen molar-refractivity contribution in [3.05, 3.63) is 12.2 Å². The van der Waals surface area contributed by atoms with E-state index < -0.39 is 0 Å². The molecule has 114 valence electrons. The van der Waals surface area contributed by atoms with Crippen molar-refractivity contribution in [3.8, 4) is 0 Å². The van der Waals surface area contributed by atoms with Crippen molar-refractivity contribution in [2.24, 2.45) is 11.8 Å². The van der Waals surface area contributed by atoms with Crippen molar-refractivity contribution in [2.45, 2.75) is 46.0 Å². The zero-order valence-corrected chi connectivity index (χ0v) is 13.2. The van der Waals surface area contributed by atoms with Crippen LogP contribution in [-0.4, -0.2) is 48.4 Å². The quantitative estimate of drug-likeness (QED) is 0.722. The summed E-state index contributed by atoms with van der Waals surface area (Å²) in [5.74, 6) is 1.50. The van der Waals surface area contributed by atoms with Crippen molar-refractivity contribution in [3.63, 3.8) is 0 Å². The Bertz CT molecular complexity index is 328. The molecule has 1 aliphatic carbocycles. The van der Waals surface area contributed by atoms with E-state index in [1.807, 2.05) is 4.90 Å². The molecule has 1 aliphatic heterocycles. The van der Waals surface area contributed by atoms with Gasteiger partial charge in [0.1, 0.15) is 0 Å². The number of carbonyl (C=O) groups is 1. The van der Waals surface area contributed by atoms with Crippen LogP contribution in [0.2, 0.25) is 0 Å². The first-order valence-corrected chi connectivity index (χ1v) is 8.40. The first kappa shape index (κ1) is 15.6. The van der Waals surface area contributed by atoms with E-state index >= 15 is 0 Å². The minimum atomic E-state index is 0.275. The highest BCUT2D eigenvalue weighted by atomic mass is 16.2. The molecule has 0 aromatic carbocycles. The number of hydrogen-bond donors (Lipinski definition) is 0. The van der Waals surface area contributed by atoms with Crippen molar-refractivity contribution in [1.29, 1.82) is 0 Å². The lowest BCUT2D eigenvalue weighted by molar-refractivity contribution is -0.136. The lowest BCUT2D eigenvalue weighted by Gasteiger charge is -2.35. The van der Waals surface area contributed by atoms with Crippen LogP contribution < -0.4 is 0 Å². The van der Waals surface area contributed by atoms with E-state index in [-0.39, 0.29) is 5.92 Å². The number of hydrogen-bond acceptors (Lipinski definition) is 2. The fourth-order valence-corrected chi connectivity index (χ4v) is 3.54. The monoisotopic (exact) mass is 278 g/mol. The number of amides is 1. The Morgan fingerprint density at radius 3 is 2.40 bits per heavy atom. The maximum Gasteiger partial charge on any atom is 0.225 e. The highest BCUT2D eigenvalue weighted by Gasteiger charge is 2.28. The molecule has 3 nitrogen and oxygen atoms in total. The minimum absolute atomic E-state index is 0.275. The Labute approximate surface area is 124 Å². The number of allylic oxidation sites excluding steroid dienone is 2. The van der Waals surface area contributed by atoms with Gasteiger partial charge in [0.2, 0.25) is 5.91 Å². The number of piperidine rings is 1. The number of likely N-dealkylation sites (tertiary alicyclic amines) is 1. The Kier molecular flexibility index (Phi) is 6.08. The highest BCUT2D eigenvalue weighted by molar-refractivity contribution is 5.78. The van der Waals surface area contributed by atoms with E-state index in [2.05, 4.69) is 30.9 Å². The van der Waals surface area contributed by atoms with Crippen LogP contribution in [0.15, 0.2) is 12.2 Å². The number of carbonyl (C=O) groups excluding carboxylic acids is 1. The van der Waals surface area contributed by atoms with Gasteiger partial charge in [-0.25, -0.2) is 0 Å². The summed E-state index contributed by atoms with van der Waals surface area (Å²) >= 11 is 0. The van der Waals surface area contributed by atoms with Crippen LogP contribution in [0.1, 0.15) is 46.0 Å². The first-order valence-electron chi connectivity index (χ1n) is 8.40. The van der Waals surface area contributed by atoms with Gasteiger partial charge in [-0.3, -0.25) is 4.79 Å². The van der Waals surface area contributed by atoms with Gasteiger partial charge in [-0.1, -0.05) is 12.2 Å². The molecule has 2 rings (SSSR count). The second kappa shape index (κ2) is 7.82. The van der Waals surface area contributed by atoms with E-state index in [1.54, 1.807) is 0 Å². The van der Waals surface area contributed by atoms with Crippen LogP contribution in [-0.2, 0) is 4.79 Å². The molecule has 0 aromatic heterocycles. The third-order valence-electron chi connectivity index (χ3n) is 4.91. The van der Waals surface area contributed by atoms with Crippen LogP contribution in [0.5, 0.6) is 0 Å². The molecule has 0 saturated carbocycles. The molecule has 20 heavy (non-hydrogen) atoms. The van der Waals surface area contributed by atoms with Gasteiger partial charge < -0.3 is 9.80 Å². The standard InChI is InChI=1S/C17H30N2O/c1-3-19(4-2)17(20)16-10-12-18(13-11-16)14-15-8-6-5-7-9-15/h5-6,15-16H,3-4,7-14H2,1-2H3/t15-/m1/s1. The average molecular weight is 278 g/mol. The largest absolute Gasteiger partial charge is 0.343 e. The van der Waals surface area contributed by atoms with E-state index in [9.17, 15) is 4.79 Å². The van der Waals surface area contributed by atoms with Crippen molar-refractivity contribution >= 4 is 5.91 Å². The molecule has 3 heteroatoms. The maximum absolute atomic E-state index is 12.4. The molecule has 0 unspecified atom stereocenters. The summed E-state index contributed by atoms with van der Waals surface area (Å²) in [6.07, 6.45) is 10.6. The molecule has 1 heterocycles. The van der Waals surface area contributed by atoms with Crippen LogP contribution in [0.3, 0.4) is 0 Å². The Morgan fingerprint density at radius 2 is 1.85 bits per heavy atom. The molecule has 0 N–H and O–H groups in total. The van der Waals surface area contributed by atoms with Gasteiger partial charge in [0.15, 0.2) is 0 Å². The average Bonchev–Trinajstić information content (AvgIpc) is 2.50. The van der Waals surface area contributed by atoms with Gasteiger partial charge in [-0.05, 0) is 65.0 Å². The Morgan fingerprint density at radius 1 is 1.15 bits per heavy atom. The van der Waals surface area contributed by atoms with E-state index in [1.165, 1.54) is 25.8 Å². The second-order valence-corrected chi connectivity index (χ2v) is 6.24. The predicted molar refractivity (Wildman–Crippen MR) is 83.6 cm³/mol. The van der Waals surface area contributed by atoms with Gasteiger partial charge in [0.25, 0.3) is 0 Å². The second-order valence-electron chi connectivity index (χ2n) is 6.24. The number of rotatable bonds is 5. The minimum Gasteiger partial charge on any atom is -0.343 e. The zero-order valence-electron chi connectivity index (χ0n) is 13.2. The molecule has 0 radical (unpaired) electrons. The van der Waals surface area contributed by atoms with Gasteiger partial charge in [0.05, 0.1) is 0 Å². The lowest BCUT2D eigenvalue weighted by atomic mass is 9.91. The topological polar surface area (TPSA) is 23.6 Å². The Hall–Kier alpha value is -0.830. The Balaban J connectivity index is 1.74. The van der Waals surface area contributed by atoms with Crippen molar-refractivity contribution in [2.75, 3.05) is 32.7 Å². The lowest BCUT2D eigenvalue weighted by Crippen LogP contribution is -2.43. The summed E-state index contributed by atoms with van der Waals surface area (Å²) in [4.78, 5) is 16.9. The number of nitrogens with zero attached hydrogens (tertiary/aromatic N) is 2. The highest BCUT2D eigenvalue weighted by Crippen LogP contribution is 2.24. The molecule has 1 saturated heterocycles. The summed E-state index contributed by atoms with van der Waals surface area (Å²) in [6, 6.07) is 0. The molecule has 1 fully saturated rings. The van der Waals surface area contributed by atoms with Crippen molar-refractivity contribution < 1.29 is 4.79 Å². The van der Waals surface area contributed by atoms with E-state index in [0.29, 0.717) is 5.91 Å². The summed E-state index contributed by atoms with van der Waals surface area (Å²) < 4.78 is 0. The normalized spacial score (nSPS) is 24.8. The molecule has 2 aliphatic rings. The predicted octanol–water partition coefficient (Wildman–Crippen LogP) is 2.92. The molecule has 0 aromatic rings. The maximum atomic E-state index is 12.4. The smallest absolute Gasteiger partial charge is 0.225 e. The molecular weight excluding hydrogens is 248 g/mol. The fraction of sp³-hybridized carbons (Fsp3) is 0.824. The SMILES string of the molecule is CCN(CC)C(=O)C1CCN(C[C@@H]2CC=CCC2)CC1. The van der Waals surface area contributed by atoms with E-state index in [4.69, 9.17) is 0 Å². The summed E-state index contributed by atoms with van der Waals surface area (Å²) in [7, 11) is 0. The summed E-state index contributed by atoms with van der Waals surface area (Å²) in [6.45, 7) is 9.31. The van der Waals surface area contributed by atoms with E-state index in [0.717, 1.165) is 44.9 Å². The fourth-order valence-electron chi connectivity index (χ4n) is 3.54. The summed E-state index contributed by atoms with van der Waals surface area (Å²) in [5, 5.41) is 0. The van der Waals surface area contributed by atoms with Gasteiger partial charge in [0, 0.05) is 25.6 Å². The summed E-state index contributed by atoms with van der Waals surface area (Å²) in [5.41, 5.74) is 0. The van der Waals surface area contributed by atoms with Crippen LogP contribution in [0.4, 0.5) is 0 Å². The third-order valence-corrected chi connectivity index (χ3v) is 4.91. The third kappa shape index (κ3) is 4.08. The van der Waals surface area contributed by atoms with Gasteiger partial charge >= 0.3 is 0 Å². The van der Waals surface area contributed by atoms with Crippen LogP contribution in [0.25, 0.3) is 0 Å². The first-order chi connectivity index (χ1) is 9.74. The molecule has 1 atom stereocenters. The van der Waals surface area contributed by atoms with Crippen LogP contribution >= 0.6 is 0 Å². The van der Waals surface area contributed by atoms with Gasteiger partial charge in [-0.15, -0.1) is 0 Å². The van der Waals surface area contributed by atoms with Crippen LogP contribution in [0, 0.1) is 11.8 Å². The van der Waals surface area contributed by atoms with Crippen molar-refractivity contribution in [1.82, 2.24) is 9.80 Å². The molecule has 1 amide bonds. The van der Waals surface area contributed by atoms with Gasteiger partial charge in [-0.2, -0.15) is 0 Å². The molecule has 0 spiro atoms. The molecule has 0 bridgehead atoms. The zero-order chi connectivity index (χ0) is 14.4.